The van der Waals surface area contributed by atoms with Crippen molar-refractivity contribution in [3.63, 3.8) is 0 Å². The minimum absolute atomic E-state index is 0.0222. The Morgan fingerprint density at radius 2 is 2.18 bits per heavy atom. The number of rotatable bonds is 6. The molecule has 9 nitrogen and oxygen atoms in total. The zero-order valence-electron chi connectivity index (χ0n) is 19.0. The van der Waals surface area contributed by atoms with E-state index in [0.29, 0.717) is 66.9 Å². The summed E-state index contributed by atoms with van der Waals surface area (Å²) >= 11 is 0. The Labute approximate surface area is 196 Å². The highest BCUT2D eigenvalue weighted by Crippen LogP contribution is 2.42. The molecule has 5 rings (SSSR count). The molecule has 1 aromatic carbocycles. The van der Waals surface area contributed by atoms with Gasteiger partial charge in [0.2, 0.25) is 0 Å². The van der Waals surface area contributed by atoms with E-state index in [-0.39, 0.29) is 23.7 Å². The van der Waals surface area contributed by atoms with E-state index >= 15 is 0 Å². The number of carbonyl (C=O) groups excluding carboxylic acids is 1. The highest BCUT2D eigenvalue weighted by Gasteiger charge is 2.35. The van der Waals surface area contributed by atoms with Crippen LogP contribution in [-0.2, 0) is 9.47 Å². The van der Waals surface area contributed by atoms with E-state index in [2.05, 4.69) is 25.6 Å². The molecule has 34 heavy (non-hydrogen) atoms. The topological polar surface area (TPSA) is 110 Å². The van der Waals surface area contributed by atoms with Gasteiger partial charge in [-0.3, -0.25) is 4.79 Å². The number of anilines is 2. The molecular formula is C24H26FN5O4. The summed E-state index contributed by atoms with van der Waals surface area (Å²) in [5, 5.41) is 6.23. The predicted molar refractivity (Wildman–Crippen MR) is 123 cm³/mol. The third kappa shape index (κ3) is 4.22. The number of amides is 1. The number of benzene rings is 1. The number of methoxy groups -OCH3 is 1. The lowest BCUT2D eigenvalue weighted by Gasteiger charge is -2.29. The molecule has 0 spiro atoms. The number of H-pyrrole nitrogens is 1. The number of aryl methyl sites for hydroxylation is 1. The van der Waals surface area contributed by atoms with Gasteiger partial charge in [0, 0.05) is 24.4 Å². The fourth-order valence-corrected chi connectivity index (χ4v) is 4.52. The Hall–Kier alpha value is -3.50. The number of fused-ring (bicyclic) bond motifs is 1. The lowest BCUT2D eigenvalue weighted by atomic mass is 9.91. The number of hydrogen-bond acceptors (Lipinski definition) is 7. The van der Waals surface area contributed by atoms with Crippen LogP contribution in [0.4, 0.5) is 15.8 Å². The molecule has 1 amide bonds. The molecule has 2 aliphatic rings. The first-order chi connectivity index (χ1) is 16.5. The summed E-state index contributed by atoms with van der Waals surface area (Å²) in [7, 11) is 1.40. The normalized spacial score (nSPS) is 19.9. The minimum atomic E-state index is -0.506. The van der Waals surface area contributed by atoms with Crippen LogP contribution in [-0.4, -0.2) is 60.4 Å². The SMILES string of the molecule is COc1c(F)cccc1Nc1c(-c2ccnc(C)n2)[nH]c2c1C(=O)NC[C@@H]2C[C@@H]1COCCO1. The van der Waals surface area contributed by atoms with Gasteiger partial charge in [-0.05, 0) is 31.5 Å². The van der Waals surface area contributed by atoms with Gasteiger partial charge in [0.25, 0.3) is 5.91 Å². The van der Waals surface area contributed by atoms with Gasteiger partial charge in [-0.2, -0.15) is 0 Å². The van der Waals surface area contributed by atoms with Crippen LogP contribution in [0.15, 0.2) is 30.5 Å². The van der Waals surface area contributed by atoms with Gasteiger partial charge in [0.05, 0.1) is 61.4 Å². The summed E-state index contributed by atoms with van der Waals surface area (Å²) in [4.78, 5) is 25.3. The van der Waals surface area contributed by atoms with E-state index in [1.807, 2.05) is 0 Å². The first kappa shape index (κ1) is 22.3. The Morgan fingerprint density at radius 1 is 1.29 bits per heavy atom. The third-order valence-corrected chi connectivity index (χ3v) is 6.07. The van der Waals surface area contributed by atoms with E-state index in [1.165, 1.54) is 13.2 Å². The number of aromatic nitrogens is 3. The van der Waals surface area contributed by atoms with Crippen LogP contribution in [0.1, 0.15) is 34.2 Å². The lowest BCUT2D eigenvalue weighted by Crippen LogP contribution is -2.38. The largest absolute Gasteiger partial charge is 0.492 e. The molecule has 2 atom stereocenters. The Bertz CT molecular complexity index is 1210. The van der Waals surface area contributed by atoms with Crippen LogP contribution in [0.2, 0.25) is 0 Å². The van der Waals surface area contributed by atoms with Crippen molar-refractivity contribution in [2.75, 3.05) is 38.8 Å². The third-order valence-electron chi connectivity index (χ3n) is 6.07. The summed E-state index contributed by atoms with van der Waals surface area (Å²) in [6.45, 7) is 3.93. The Kier molecular flexibility index (Phi) is 6.16. The van der Waals surface area contributed by atoms with Crippen molar-refractivity contribution in [1.82, 2.24) is 20.3 Å². The van der Waals surface area contributed by atoms with Crippen LogP contribution < -0.4 is 15.4 Å². The van der Waals surface area contributed by atoms with Gasteiger partial charge in [-0.15, -0.1) is 0 Å². The van der Waals surface area contributed by atoms with E-state index in [9.17, 15) is 9.18 Å². The van der Waals surface area contributed by atoms with Crippen molar-refractivity contribution in [3.05, 3.63) is 53.4 Å². The monoisotopic (exact) mass is 467 g/mol. The molecule has 3 aromatic rings. The average Bonchev–Trinajstić information content (AvgIpc) is 3.22. The number of aromatic amines is 1. The second-order valence-corrected chi connectivity index (χ2v) is 8.31. The maximum atomic E-state index is 14.4. The summed E-state index contributed by atoms with van der Waals surface area (Å²) in [6, 6.07) is 6.36. The fourth-order valence-electron chi connectivity index (χ4n) is 4.52. The lowest BCUT2D eigenvalue weighted by molar-refractivity contribution is -0.0928. The molecule has 4 heterocycles. The van der Waals surface area contributed by atoms with Crippen molar-refractivity contribution in [2.45, 2.75) is 25.4 Å². The number of hydrogen-bond donors (Lipinski definition) is 3. The number of carbonyl (C=O) groups is 1. The fraction of sp³-hybridized carbons (Fsp3) is 0.375. The number of nitrogens with one attached hydrogen (secondary N) is 3. The molecule has 0 radical (unpaired) electrons. The Balaban J connectivity index is 1.62. The standard InChI is InChI=1S/C24H26FN5O4/c1-13-26-7-6-17(28-13)21-22(29-18-5-3-4-16(25)23(18)32-2)19-20(30-21)14(11-27-24(19)31)10-15-12-33-8-9-34-15/h3-7,14-15,29-30H,8-12H2,1-2H3,(H,27,31)/t14-,15+/m0/s1. The zero-order chi connectivity index (χ0) is 23.7. The van der Waals surface area contributed by atoms with Crippen molar-refractivity contribution in [3.8, 4) is 17.1 Å². The maximum Gasteiger partial charge on any atom is 0.255 e. The van der Waals surface area contributed by atoms with Crippen LogP contribution in [0, 0.1) is 12.7 Å². The summed E-state index contributed by atoms with van der Waals surface area (Å²) in [5.41, 5.74) is 3.37. The van der Waals surface area contributed by atoms with Crippen LogP contribution in [0.3, 0.4) is 0 Å². The van der Waals surface area contributed by atoms with Crippen LogP contribution >= 0.6 is 0 Å². The van der Waals surface area contributed by atoms with Crippen molar-refractivity contribution in [2.24, 2.45) is 0 Å². The molecule has 0 unspecified atom stereocenters. The van der Waals surface area contributed by atoms with Gasteiger partial charge in [0.15, 0.2) is 11.6 Å². The van der Waals surface area contributed by atoms with Crippen LogP contribution in [0.5, 0.6) is 5.75 Å². The van der Waals surface area contributed by atoms with Gasteiger partial charge >= 0.3 is 0 Å². The van der Waals surface area contributed by atoms with Gasteiger partial charge in [-0.1, -0.05) is 6.07 Å². The molecule has 10 heteroatoms. The van der Waals surface area contributed by atoms with Crippen molar-refractivity contribution < 1.29 is 23.4 Å². The minimum Gasteiger partial charge on any atom is -0.492 e. The second kappa shape index (κ2) is 9.40. The predicted octanol–water partition coefficient (Wildman–Crippen LogP) is 3.30. The summed E-state index contributed by atoms with van der Waals surface area (Å²) < 4.78 is 31.1. The van der Waals surface area contributed by atoms with Gasteiger partial charge in [0.1, 0.15) is 5.82 Å². The second-order valence-electron chi connectivity index (χ2n) is 8.31. The highest BCUT2D eigenvalue weighted by atomic mass is 19.1. The number of para-hydroxylation sites is 1. The highest BCUT2D eigenvalue weighted by molar-refractivity contribution is 6.06. The quantitative estimate of drug-likeness (QED) is 0.510. The molecule has 0 saturated carbocycles. The van der Waals surface area contributed by atoms with Gasteiger partial charge in [-0.25, -0.2) is 14.4 Å². The average molecular weight is 468 g/mol. The number of nitrogens with zero attached hydrogens (tertiary/aromatic N) is 2. The molecule has 0 bridgehead atoms. The number of ether oxygens (including phenoxy) is 3. The molecule has 3 N–H and O–H groups in total. The van der Waals surface area contributed by atoms with E-state index in [0.717, 1.165) is 5.69 Å². The van der Waals surface area contributed by atoms with Crippen molar-refractivity contribution >= 4 is 17.3 Å². The maximum absolute atomic E-state index is 14.4. The first-order valence-corrected chi connectivity index (χ1v) is 11.2. The van der Waals surface area contributed by atoms with E-state index in [1.54, 1.807) is 31.3 Å². The molecule has 2 aromatic heterocycles. The molecule has 2 aliphatic heterocycles. The molecular weight excluding hydrogens is 441 g/mol. The van der Waals surface area contributed by atoms with Crippen LogP contribution in [0.25, 0.3) is 11.4 Å². The smallest absolute Gasteiger partial charge is 0.255 e. The van der Waals surface area contributed by atoms with E-state index in [4.69, 9.17) is 14.2 Å². The van der Waals surface area contributed by atoms with E-state index < -0.39 is 5.82 Å². The van der Waals surface area contributed by atoms with Gasteiger partial charge < -0.3 is 29.8 Å². The zero-order valence-corrected chi connectivity index (χ0v) is 19.0. The molecule has 1 fully saturated rings. The first-order valence-electron chi connectivity index (χ1n) is 11.2. The molecule has 178 valence electrons. The molecule has 0 aliphatic carbocycles. The molecule has 1 saturated heterocycles. The summed E-state index contributed by atoms with van der Waals surface area (Å²) in [5.74, 6) is -0.103. The number of halogens is 1. The summed E-state index contributed by atoms with van der Waals surface area (Å²) in [6.07, 6.45) is 2.28. The van der Waals surface area contributed by atoms with Crippen molar-refractivity contribution in [1.29, 1.82) is 0 Å². The Morgan fingerprint density at radius 3 is 2.94 bits per heavy atom.